The van der Waals surface area contributed by atoms with Gasteiger partial charge in [-0.15, -0.1) is 12.4 Å². The fourth-order valence-electron chi connectivity index (χ4n) is 1.68. The minimum atomic E-state index is -0.550. The van der Waals surface area contributed by atoms with E-state index in [-0.39, 0.29) is 42.3 Å². The zero-order valence-corrected chi connectivity index (χ0v) is 13.9. The molecule has 0 amide bonds. The van der Waals surface area contributed by atoms with Gasteiger partial charge in [-0.2, -0.15) is 0 Å². The van der Waals surface area contributed by atoms with Crippen LogP contribution in [0.4, 0.5) is 17.1 Å². The topological polar surface area (TPSA) is 98.9 Å². The molecule has 8 heteroatoms. The summed E-state index contributed by atoms with van der Waals surface area (Å²) in [4.78, 5) is 10.6. The second-order valence-electron chi connectivity index (χ2n) is 5.68. The molecule has 0 aromatic heterocycles. The highest BCUT2D eigenvalue weighted by atomic mass is 35.5. The molecular formula is C14H24ClN3O4. The number of anilines is 2. The standard InChI is InChI=1S/C14H23N3O4.ClH/c1-4-14(2,3)10-15-11-5-6-12(16(19)7-8-18)13(9-11)17(20)21;/h5-6,9,15,18-19H,4,7-8,10H2,1-3H3;1H. The molecule has 0 spiro atoms. The van der Waals surface area contributed by atoms with Crippen molar-refractivity contribution >= 4 is 29.5 Å². The molecule has 0 aliphatic heterocycles. The molecule has 0 aliphatic rings. The van der Waals surface area contributed by atoms with Crippen LogP contribution in [0.1, 0.15) is 27.2 Å². The molecular weight excluding hydrogens is 310 g/mol. The Kier molecular flexibility index (Phi) is 8.15. The lowest BCUT2D eigenvalue weighted by Gasteiger charge is -2.24. The molecule has 0 atom stereocenters. The van der Waals surface area contributed by atoms with Crippen LogP contribution < -0.4 is 10.4 Å². The lowest BCUT2D eigenvalue weighted by Crippen LogP contribution is -2.23. The van der Waals surface area contributed by atoms with Crippen molar-refractivity contribution in [2.45, 2.75) is 27.2 Å². The van der Waals surface area contributed by atoms with E-state index in [1.54, 1.807) is 6.07 Å². The Morgan fingerprint density at radius 2 is 2.05 bits per heavy atom. The van der Waals surface area contributed by atoms with Crippen LogP contribution in [-0.4, -0.2) is 34.9 Å². The molecule has 0 saturated heterocycles. The fourth-order valence-corrected chi connectivity index (χ4v) is 1.68. The second kappa shape index (κ2) is 8.77. The van der Waals surface area contributed by atoms with Crippen LogP contribution in [0, 0.1) is 15.5 Å². The molecule has 7 nitrogen and oxygen atoms in total. The number of nitrogens with one attached hydrogen (secondary N) is 1. The summed E-state index contributed by atoms with van der Waals surface area (Å²) in [5, 5.41) is 33.5. The molecule has 0 radical (unpaired) electrons. The van der Waals surface area contributed by atoms with E-state index in [2.05, 4.69) is 26.1 Å². The van der Waals surface area contributed by atoms with Gasteiger partial charge in [-0.05, 0) is 24.0 Å². The van der Waals surface area contributed by atoms with Crippen molar-refractivity contribution in [1.29, 1.82) is 0 Å². The van der Waals surface area contributed by atoms with Crippen molar-refractivity contribution in [1.82, 2.24) is 0 Å². The van der Waals surface area contributed by atoms with Crippen LogP contribution in [0.2, 0.25) is 0 Å². The molecule has 1 aromatic rings. The smallest absolute Gasteiger partial charge is 0.296 e. The Bertz CT molecular complexity index is 497. The molecule has 0 saturated carbocycles. The van der Waals surface area contributed by atoms with Crippen LogP contribution >= 0.6 is 12.4 Å². The van der Waals surface area contributed by atoms with E-state index >= 15 is 0 Å². The van der Waals surface area contributed by atoms with Crippen molar-refractivity contribution in [3.8, 4) is 0 Å². The molecule has 1 rings (SSSR count). The number of rotatable bonds is 8. The Labute approximate surface area is 136 Å². The van der Waals surface area contributed by atoms with E-state index in [1.165, 1.54) is 12.1 Å². The summed E-state index contributed by atoms with van der Waals surface area (Å²) in [6.07, 6.45) is 0.987. The lowest BCUT2D eigenvalue weighted by atomic mass is 9.90. The Morgan fingerprint density at radius 3 is 2.55 bits per heavy atom. The maximum absolute atomic E-state index is 11.1. The maximum Gasteiger partial charge on any atom is 0.296 e. The second-order valence-corrected chi connectivity index (χ2v) is 5.68. The van der Waals surface area contributed by atoms with Gasteiger partial charge in [0.25, 0.3) is 5.69 Å². The molecule has 0 unspecified atom stereocenters. The predicted molar refractivity (Wildman–Crippen MR) is 89.1 cm³/mol. The first-order valence-electron chi connectivity index (χ1n) is 6.90. The number of halogens is 1. The minimum Gasteiger partial charge on any atom is -0.394 e. The third-order valence-corrected chi connectivity index (χ3v) is 3.49. The Hall–Kier alpha value is -1.57. The third-order valence-electron chi connectivity index (χ3n) is 3.49. The fraction of sp³-hybridized carbons (Fsp3) is 0.571. The third kappa shape index (κ3) is 5.67. The zero-order chi connectivity index (χ0) is 16.0. The largest absolute Gasteiger partial charge is 0.394 e. The van der Waals surface area contributed by atoms with Crippen molar-refractivity contribution in [2.75, 3.05) is 30.1 Å². The van der Waals surface area contributed by atoms with Gasteiger partial charge in [0.2, 0.25) is 0 Å². The molecule has 0 bridgehead atoms. The minimum absolute atomic E-state index is 0. The van der Waals surface area contributed by atoms with E-state index in [0.29, 0.717) is 17.3 Å². The first-order chi connectivity index (χ1) is 9.80. The molecule has 3 N–H and O–H groups in total. The number of hydroxylamine groups is 1. The summed E-state index contributed by atoms with van der Waals surface area (Å²) < 4.78 is 0. The molecule has 1 aromatic carbocycles. The highest BCUT2D eigenvalue weighted by Crippen LogP contribution is 2.31. The Balaban J connectivity index is 0.00000441. The number of nitro groups is 1. The number of nitrogens with zero attached hydrogens (tertiary/aromatic N) is 2. The average Bonchev–Trinajstić information content (AvgIpc) is 2.45. The maximum atomic E-state index is 11.1. The summed E-state index contributed by atoms with van der Waals surface area (Å²) >= 11 is 0. The number of hydrogen-bond donors (Lipinski definition) is 3. The van der Waals surface area contributed by atoms with Gasteiger partial charge in [-0.3, -0.25) is 15.3 Å². The molecule has 126 valence electrons. The van der Waals surface area contributed by atoms with E-state index in [1.807, 2.05) is 0 Å². The lowest BCUT2D eigenvalue weighted by molar-refractivity contribution is -0.384. The average molecular weight is 334 g/mol. The number of aliphatic hydroxyl groups is 1. The predicted octanol–water partition coefficient (Wildman–Crippen LogP) is 3.05. The summed E-state index contributed by atoms with van der Waals surface area (Å²) in [6, 6.07) is 4.53. The van der Waals surface area contributed by atoms with Crippen molar-refractivity contribution in [2.24, 2.45) is 5.41 Å². The summed E-state index contributed by atoms with van der Waals surface area (Å²) in [7, 11) is 0. The molecule has 0 fully saturated rings. The number of benzene rings is 1. The van der Waals surface area contributed by atoms with E-state index in [9.17, 15) is 15.3 Å². The van der Waals surface area contributed by atoms with Gasteiger partial charge in [-0.25, -0.2) is 5.06 Å². The van der Waals surface area contributed by atoms with Crippen LogP contribution in [0.5, 0.6) is 0 Å². The van der Waals surface area contributed by atoms with Gasteiger partial charge in [0, 0.05) is 18.3 Å². The molecule has 22 heavy (non-hydrogen) atoms. The van der Waals surface area contributed by atoms with Gasteiger partial charge in [0.15, 0.2) is 0 Å². The molecule has 0 heterocycles. The highest BCUT2D eigenvalue weighted by molar-refractivity contribution is 5.85. The van der Waals surface area contributed by atoms with Crippen molar-refractivity contribution < 1.29 is 15.2 Å². The Morgan fingerprint density at radius 1 is 1.41 bits per heavy atom. The first kappa shape index (κ1) is 20.4. The van der Waals surface area contributed by atoms with Crippen LogP contribution in [-0.2, 0) is 0 Å². The highest BCUT2D eigenvalue weighted by Gasteiger charge is 2.20. The summed E-state index contributed by atoms with van der Waals surface area (Å²) in [5.41, 5.74) is 0.580. The van der Waals surface area contributed by atoms with Gasteiger partial charge >= 0.3 is 0 Å². The zero-order valence-electron chi connectivity index (χ0n) is 13.1. The summed E-state index contributed by atoms with van der Waals surface area (Å²) in [5.74, 6) is 0. The first-order valence-corrected chi connectivity index (χ1v) is 6.90. The SMILES string of the molecule is CCC(C)(C)CNc1ccc(N(O)CCO)c([N+](=O)[O-])c1.Cl. The number of nitro benzene ring substituents is 1. The molecule has 0 aliphatic carbocycles. The van der Waals surface area contributed by atoms with Gasteiger partial charge in [0.1, 0.15) is 5.69 Å². The number of aliphatic hydroxyl groups excluding tert-OH is 1. The van der Waals surface area contributed by atoms with Gasteiger partial charge in [-0.1, -0.05) is 20.8 Å². The monoisotopic (exact) mass is 333 g/mol. The van der Waals surface area contributed by atoms with E-state index in [4.69, 9.17) is 5.11 Å². The van der Waals surface area contributed by atoms with Crippen molar-refractivity contribution in [3.63, 3.8) is 0 Å². The van der Waals surface area contributed by atoms with Gasteiger partial charge < -0.3 is 10.4 Å². The quantitative estimate of drug-likeness (QED) is 0.499. The normalized spacial score (nSPS) is 10.8. The van der Waals surface area contributed by atoms with E-state index < -0.39 is 4.92 Å². The van der Waals surface area contributed by atoms with Gasteiger partial charge in [0.05, 0.1) is 18.1 Å². The van der Waals surface area contributed by atoms with Crippen LogP contribution in [0.3, 0.4) is 0 Å². The van der Waals surface area contributed by atoms with Crippen LogP contribution in [0.15, 0.2) is 18.2 Å². The summed E-state index contributed by atoms with van der Waals surface area (Å²) in [6.45, 7) is 6.62. The number of hydrogen-bond acceptors (Lipinski definition) is 6. The van der Waals surface area contributed by atoms with Crippen LogP contribution in [0.25, 0.3) is 0 Å². The van der Waals surface area contributed by atoms with E-state index in [0.717, 1.165) is 6.42 Å². The van der Waals surface area contributed by atoms with Crippen molar-refractivity contribution in [3.05, 3.63) is 28.3 Å².